The fourth-order valence-corrected chi connectivity index (χ4v) is 8.67. The van der Waals surface area contributed by atoms with E-state index in [2.05, 4.69) is 36.9 Å². The summed E-state index contributed by atoms with van der Waals surface area (Å²) in [7, 11) is 2.20. The second-order valence-corrected chi connectivity index (χ2v) is 12.7. The van der Waals surface area contributed by atoms with Gasteiger partial charge in [-0.05, 0) is 73.0 Å². The van der Waals surface area contributed by atoms with E-state index in [-0.39, 0.29) is 0 Å². The molecule has 0 bridgehead atoms. The largest absolute Gasteiger partial charge is 0.529 e. The molecule has 0 rings (SSSR count). The maximum Gasteiger partial charge on any atom is 0.529 e. The first-order chi connectivity index (χ1) is 14.0. The quantitative estimate of drug-likeness (QED) is 0.273. The molecule has 0 heterocycles. The minimum absolute atomic E-state index is 0.568. The van der Waals surface area contributed by atoms with Crippen molar-refractivity contribution in [2.75, 3.05) is 66.9 Å². The highest BCUT2D eigenvalue weighted by atomic mass is 28.4. The van der Waals surface area contributed by atoms with Gasteiger partial charge in [-0.25, -0.2) is 0 Å². The van der Waals surface area contributed by atoms with E-state index in [9.17, 15) is 0 Å². The zero-order valence-electron chi connectivity index (χ0n) is 19.9. The molecule has 0 atom stereocenters. The molecule has 0 unspecified atom stereocenters. The molecule has 0 fully saturated rings. The van der Waals surface area contributed by atoms with Gasteiger partial charge in [-0.2, -0.15) is 0 Å². The molecule has 29 heavy (non-hydrogen) atoms. The predicted octanol–water partition coefficient (Wildman–Crippen LogP) is 2.52. The van der Waals surface area contributed by atoms with Gasteiger partial charge >= 0.3 is 18.1 Å². The first-order valence-corrected chi connectivity index (χ1v) is 15.2. The van der Waals surface area contributed by atoms with Crippen LogP contribution in [0.2, 0.25) is 6.04 Å². The monoisotopic (exact) mass is 463 g/mol. The van der Waals surface area contributed by atoms with E-state index in [1.165, 1.54) is 4.82 Å². The lowest BCUT2D eigenvalue weighted by molar-refractivity contribution is 0.0822. The van der Waals surface area contributed by atoms with Crippen molar-refractivity contribution < 1.29 is 22.1 Å². The summed E-state index contributed by atoms with van der Waals surface area (Å²) in [5.74, 6) is 0. The Balaban J connectivity index is 5.25. The SMILES string of the molecule is CCO[Si](OCC)(OCC)C(=CN(CC)CC)[Si]CN(C)CCC[Si](OC)OC. The molecule has 0 aliphatic heterocycles. The maximum absolute atomic E-state index is 6.20. The van der Waals surface area contributed by atoms with E-state index in [1.54, 1.807) is 14.2 Å². The molecule has 0 aliphatic carbocycles. The van der Waals surface area contributed by atoms with Gasteiger partial charge in [0.1, 0.15) is 0 Å². The Bertz CT molecular complexity index is 408. The Hall–Kier alpha value is -0.0494. The molecule has 0 aromatic heterocycles. The lowest BCUT2D eigenvalue weighted by Gasteiger charge is -2.32. The summed E-state index contributed by atoms with van der Waals surface area (Å²) in [6.45, 7) is 15.0. The van der Waals surface area contributed by atoms with Crippen molar-refractivity contribution in [1.29, 1.82) is 0 Å². The van der Waals surface area contributed by atoms with Crippen LogP contribution < -0.4 is 0 Å². The number of hydrogen-bond acceptors (Lipinski definition) is 7. The van der Waals surface area contributed by atoms with E-state index in [0.29, 0.717) is 29.3 Å². The van der Waals surface area contributed by atoms with Gasteiger partial charge in [-0.3, -0.25) is 0 Å². The van der Waals surface area contributed by atoms with Crippen LogP contribution in [0.3, 0.4) is 0 Å². The van der Waals surface area contributed by atoms with Crippen LogP contribution >= 0.6 is 0 Å². The number of rotatable bonds is 19. The van der Waals surface area contributed by atoms with Gasteiger partial charge < -0.3 is 31.9 Å². The van der Waals surface area contributed by atoms with E-state index < -0.39 is 18.1 Å². The van der Waals surface area contributed by atoms with E-state index in [4.69, 9.17) is 22.1 Å². The first-order valence-electron chi connectivity index (χ1n) is 10.7. The Morgan fingerprint density at radius 2 is 1.45 bits per heavy atom. The van der Waals surface area contributed by atoms with Crippen molar-refractivity contribution in [3.63, 3.8) is 0 Å². The van der Waals surface area contributed by atoms with Crippen molar-refractivity contribution in [2.24, 2.45) is 0 Å². The first kappa shape index (κ1) is 29.0. The van der Waals surface area contributed by atoms with Crippen LogP contribution in [0.25, 0.3) is 0 Å². The molecule has 10 heteroatoms. The second-order valence-electron chi connectivity index (χ2n) is 6.42. The van der Waals surface area contributed by atoms with Gasteiger partial charge in [-0.15, -0.1) is 0 Å². The molecule has 0 amide bonds. The molecule has 0 N–H and O–H groups in total. The summed E-state index contributed by atoms with van der Waals surface area (Å²) in [6.07, 6.45) is 4.25. The molecule has 171 valence electrons. The van der Waals surface area contributed by atoms with Gasteiger partial charge in [0.15, 0.2) is 0 Å². The summed E-state index contributed by atoms with van der Waals surface area (Å²) in [5, 5.41) is 0. The van der Waals surface area contributed by atoms with Crippen LogP contribution in [0.4, 0.5) is 0 Å². The van der Waals surface area contributed by atoms with Gasteiger partial charge in [0.25, 0.3) is 0 Å². The molecule has 0 saturated heterocycles. The fraction of sp³-hybridized carbons (Fsp3) is 0.895. The van der Waals surface area contributed by atoms with E-state index in [1.807, 2.05) is 20.8 Å². The van der Waals surface area contributed by atoms with Crippen LogP contribution in [0, 0.1) is 0 Å². The van der Waals surface area contributed by atoms with Crippen LogP contribution in [0.5, 0.6) is 0 Å². The van der Waals surface area contributed by atoms with Crippen molar-refractivity contribution in [3.05, 3.63) is 11.0 Å². The summed E-state index contributed by atoms with van der Waals surface area (Å²) in [4.78, 5) is 5.85. The lowest BCUT2D eigenvalue weighted by Crippen LogP contribution is -2.52. The standard InChI is InChI=1S/C19H43N2O5Si3/c1-9-21(10-2)17-19(29(24-11-3,25-12-4)26-13-5)27-18-20(6)15-14-16-28(22-7)23-8/h17H,9-16,18H2,1-8H3. The van der Waals surface area contributed by atoms with Crippen molar-refractivity contribution in [3.8, 4) is 0 Å². The van der Waals surface area contributed by atoms with Crippen molar-refractivity contribution in [1.82, 2.24) is 9.80 Å². The Labute approximate surface area is 184 Å². The zero-order valence-corrected chi connectivity index (χ0v) is 22.9. The highest BCUT2D eigenvalue weighted by Crippen LogP contribution is 2.21. The molecule has 0 saturated carbocycles. The molecular weight excluding hydrogens is 420 g/mol. The maximum atomic E-state index is 6.20. The number of nitrogens with zero attached hydrogens (tertiary/aromatic N) is 2. The molecule has 3 radical (unpaired) electrons. The minimum Gasteiger partial charge on any atom is -0.397 e. The highest BCUT2D eigenvalue weighted by molar-refractivity contribution is 6.83. The molecule has 0 aromatic rings. The molecular formula is C19H43N2O5Si3. The molecule has 0 spiro atoms. The smallest absolute Gasteiger partial charge is 0.397 e. The second kappa shape index (κ2) is 17.6. The third-order valence-corrected chi connectivity index (χ3v) is 11.5. The normalized spacial score (nSPS) is 13.0. The zero-order chi connectivity index (χ0) is 22.1. The van der Waals surface area contributed by atoms with Gasteiger partial charge in [0.2, 0.25) is 0 Å². The molecule has 0 aromatic carbocycles. The third kappa shape index (κ3) is 11.2. The van der Waals surface area contributed by atoms with Crippen molar-refractivity contribution >= 4 is 27.6 Å². The summed E-state index contributed by atoms with van der Waals surface area (Å²) >= 11 is 0. The fourth-order valence-electron chi connectivity index (χ4n) is 2.83. The van der Waals surface area contributed by atoms with Gasteiger partial charge in [0.05, 0.1) is 9.52 Å². The van der Waals surface area contributed by atoms with E-state index in [0.717, 1.165) is 38.3 Å². The van der Waals surface area contributed by atoms with Gasteiger partial charge in [0, 0.05) is 51.9 Å². The third-order valence-electron chi connectivity index (χ3n) is 4.37. The summed E-state index contributed by atoms with van der Waals surface area (Å²) < 4.78 is 29.3. The molecule has 7 nitrogen and oxygen atoms in total. The van der Waals surface area contributed by atoms with Gasteiger partial charge in [-0.1, -0.05) is 0 Å². The topological polar surface area (TPSA) is 52.6 Å². The average Bonchev–Trinajstić information content (AvgIpc) is 2.72. The van der Waals surface area contributed by atoms with Crippen LogP contribution in [0.1, 0.15) is 41.0 Å². The Morgan fingerprint density at radius 1 is 0.931 bits per heavy atom. The van der Waals surface area contributed by atoms with E-state index >= 15 is 0 Å². The molecule has 0 aliphatic rings. The van der Waals surface area contributed by atoms with Crippen LogP contribution in [0.15, 0.2) is 11.0 Å². The Morgan fingerprint density at radius 3 is 1.86 bits per heavy atom. The predicted molar refractivity (Wildman–Crippen MR) is 124 cm³/mol. The highest BCUT2D eigenvalue weighted by Gasteiger charge is 2.45. The van der Waals surface area contributed by atoms with Crippen molar-refractivity contribution in [2.45, 2.75) is 47.1 Å². The Kier molecular flexibility index (Phi) is 17.6. The summed E-state index contributed by atoms with van der Waals surface area (Å²) in [5.41, 5.74) is 0. The van der Waals surface area contributed by atoms with Crippen LogP contribution in [-0.4, -0.2) is 104 Å². The average molecular weight is 464 g/mol. The van der Waals surface area contributed by atoms with Crippen LogP contribution in [-0.2, 0) is 22.1 Å². The summed E-state index contributed by atoms with van der Waals surface area (Å²) in [6, 6.07) is 0.989. The number of hydrogen-bond donors (Lipinski definition) is 0. The minimum atomic E-state index is -2.88. The lowest BCUT2D eigenvalue weighted by atomic mass is 10.5.